The fourth-order valence-electron chi connectivity index (χ4n) is 3.75. The molecule has 0 aliphatic carbocycles. The summed E-state index contributed by atoms with van der Waals surface area (Å²) in [5, 5.41) is 16.3. The van der Waals surface area contributed by atoms with Crippen LogP contribution in [0.1, 0.15) is 23.2 Å². The molecule has 3 aromatic rings. The van der Waals surface area contributed by atoms with E-state index in [1.54, 1.807) is 31.4 Å². The molecule has 2 aromatic carbocycles. The summed E-state index contributed by atoms with van der Waals surface area (Å²) in [6.07, 6.45) is 2.73. The van der Waals surface area contributed by atoms with E-state index >= 15 is 0 Å². The molecule has 0 bridgehead atoms. The Bertz CT molecular complexity index is 1170. The first-order chi connectivity index (χ1) is 16.5. The maximum absolute atomic E-state index is 12.1. The summed E-state index contributed by atoms with van der Waals surface area (Å²) < 4.78 is 10.4. The lowest BCUT2D eigenvalue weighted by molar-refractivity contribution is 0.0602. The number of carbonyl (C=O) groups excluding carboxylic acids is 1. The molecule has 1 aliphatic heterocycles. The van der Waals surface area contributed by atoms with Gasteiger partial charge in [0.25, 0.3) is 0 Å². The minimum atomic E-state index is -0.473. The van der Waals surface area contributed by atoms with E-state index in [9.17, 15) is 9.90 Å². The van der Waals surface area contributed by atoms with Gasteiger partial charge in [0.15, 0.2) is 5.82 Å². The second-order valence-electron chi connectivity index (χ2n) is 7.78. The summed E-state index contributed by atoms with van der Waals surface area (Å²) >= 11 is 6.31. The van der Waals surface area contributed by atoms with Gasteiger partial charge in [-0.25, -0.2) is 9.78 Å². The van der Waals surface area contributed by atoms with Crippen molar-refractivity contribution < 1.29 is 19.4 Å². The van der Waals surface area contributed by atoms with Crippen molar-refractivity contribution in [2.24, 2.45) is 0 Å². The third-order valence-corrected chi connectivity index (χ3v) is 5.87. The van der Waals surface area contributed by atoms with Crippen molar-refractivity contribution in [3.05, 3.63) is 59.2 Å². The van der Waals surface area contributed by atoms with Crippen molar-refractivity contribution in [2.75, 3.05) is 42.8 Å². The van der Waals surface area contributed by atoms with Crippen LogP contribution >= 0.6 is 11.6 Å². The zero-order chi connectivity index (χ0) is 24.1. The summed E-state index contributed by atoms with van der Waals surface area (Å²) in [4.78, 5) is 23.0. The topological polar surface area (TPSA) is 109 Å². The molecule has 34 heavy (non-hydrogen) atoms. The van der Waals surface area contributed by atoms with Crippen molar-refractivity contribution in [2.45, 2.75) is 18.9 Å². The Kier molecular flexibility index (Phi) is 7.34. The molecule has 1 fully saturated rings. The van der Waals surface area contributed by atoms with Gasteiger partial charge in [-0.1, -0.05) is 23.7 Å². The number of para-hydroxylation sites is 1. The third-order valence-electron chi connectivity index (χ3n) is 5.59. The molecule has 2 heterocycles. The van der Waals surface area contributed by atoms with Crippen molar-refractivity contribution in [1.29, 1.82) is 0 Å². The standard InChI is InChI=1S/C24H26ClN5O4/c1-33-21-13-15(30-11-9-16(31)10-12-30)7-8-20(21)28-24-26-14-18(25)22(29-24)27-19-6-4-3-5-17(19)23(32)34-2/h3-8,13-14,16,31H,9-12H2,1-2H3,(H2,26,27,28,29). The Balaban J connectivity index is 1.55. The van der Waals surface area contributed by atoms with Crippen LogP contribution in [-0.4, -0.2) is 54.5 Å². The number of anilines is 5. The highest BCUT2D eigenvalue weighted by Gasteiger charge is 2.19. The van der Waals surface area contributed by atoms with Gasteiger partial charge in [0.1, 0.15) is 10.8 Å². The lowest BCUT2D eigenvalue weighted by atomic mass is 10.1. The van der Waals surface area contributed by atoms with Crippen LogP contribution in [0.5, 0.6) is 5.75 Å². The number of hydrogen-bond acceptors (Lipinski definition) is 9. The Morgan fingerprint density at radius 3 is 2.62 bits per heavy atom. The number of aromatic nitrogens is 2. The molecule has 0 unspecified atom stereocenters. The summed E-state index contributed by atoms with van der Waals surface area (Å²) in [5.74, 6) is 0.792. The number of carbonyl (C=O) groups is 1. The van der Waals surface area contributed by atoms with Crippen LogP contribution in [0.2, 0.25) is 5.02 Å². The van der Waals surface area contributed by atoms with Gasteiger partial charge in [-0.2, -0.15) is 4.98 Å². The summed E-state index contributed by atoms with van der Waals surface area (Å²) in [6.45, 7) is 1.58. The largest absolute Gasteiger partial charge is 0.494 e. The minimum absolute atomic E-state index is 0.233. The molecule has 1 aliphatic rings. The molecule has 10 heteroatoms. The second-order valence-corrected chi connectivity index (χ2v) is 8.19. The predicted octanol–water partition coefficient (Wildman–Crippen LogP) is 4.37. The molecule has 3 N–H and O–H groups in total. The molecular formula is C24H26ClN5O4. The van der Waals surface area contributed by atoms with E-state index in [1.165, 1.54) is 13.3 Å². The van der Waals surface area contributed by atoms with E-state index in [0.29, 0.717) is 39.5 Å². The normalized spacial score (nSPS) is 13.9. The highest BCUT2D eigenvalue weighted by atomic mass is 35.5. The van der Waals surface area contributed by atoms with E-state index in [1.807, 2.05) is 18.2 Å². The number of ether oxygens (including phenoxy) is 2. The van der Waals surface area contributed by atoms with Crippen molar-refractivity contribution in [1.82, 2.24) is 9.97 Å². The number of methoxy groups -OCH3 is 2. The highest BCUT2D eigenvalue weighted by Crippen LogP contribution is 2.33. The van der Waals surface area contributed by atoms with Crippen LogP contribution in [0.25, 0.3) is 0 Å². The lowest BCUT2D eigenvalue weighted by Gasteiger charge is -2.31. The number of rotatable bonds is 7. The maximum atomic E-state index is 12.1. The molecular weight excluding hydrogens is 458 g/mol. The number of aliphatic hydroxyl groups is 1. The van der Waals surface area contributed by atoms with E-state index in [2.05, 4.69) is 25.5 Å². The summed E-state index contributed by atoms with van der Waals surface area (Å²) in [5.41, 5.74) is 2.57. The van der Waals surface area contributed by atoms with Crippen LogP contribution in [0.4, 0.5) is 28.8 Å². The van der Waals surface area contributed by atoms with Gasteiger partial charge in [0, 0.05) is 24.8 Å². The van der Waals surface area contributed by atoms with Gasteiger partial charge < -0.3 is 30.1 Å². The maximum Gasteiger partial charge on any atom is 0.339 e. The number of esters is 1. The molecule has 0 radical (unpaired) electrons. The average Bonchev–Trinajstić information content (AvgIpc) is 2.86. The number of piperidine rings is 1. The van der Waals surface area contributed by atoms with Gasteiger partial charge in [0.2, 0.25) is 5.95 Å². The number of nitrogens with one attached hydrogen (secondary N) is 2. The molecule has 4 rings (SSSR count). The quantitative estimate of drug-likeness (QED) is 0.422. The lowest BCUT2D eigenvalue weighted by Crippen LogP contribution is -2.35. The summed E-state index contributed by atoms with van der Waals surface area (Å²) in [6, 6.07) is 12.8. The van der Waals surface area contributed by atoms with Gasteiger partial charge in [-0.15, -0.1) is 0 Å². The van der Waals surface area contributed by atoms with Gasteiger partial charge >= 0.3 is 5.97 Å². The Morgan fingerprint density at radius 1 is 1.12 bits per heavy atom. The van der Waals surface area contributed by atoms with E-state index < -0.39 is 5.97 Å². The van der Waals surface area contributed by atoms with Crippen LogP contribution in [0.15, 0.2) is 48.7 Å². The molecule has 0 amide bonds. The monoisotopic (exact) mass is 483 g/mol. The van der Waals surface area contributed by atoms with Gasteiger partial charge in [-0.05, 0) is 37.1 Å². The van der Waals surface area contributed by atoms with Crippen LogP contribution in [0, 0.1) is 0 Å². The van der Waals surface area contributed by atoms with Crippen molar-refractivity contribution in [3.8, 4) is 5.75 Å². The SMILES string of the molecule is COC(=O)c1ccccc1Nc1nc(Nc2ccc(N3CCC(O)CC3)cc2OC)ncc1Cl. The van der Waals surface area contributed by atoms with E-state index in [4.69, 9.17) is 21.1 Å². The first kappa shape index (κ1) is 23.6. The third kappa shape index (κ3) is 5.32. The van der Waals surface area contributed by atoms with Crippen LogP contribution in [-0.2, 0) is 4.74 Å². The van der Waals surface area contributed by atoms with Crippen LogP contribution in [0.3, 0.4) is 0 Å². The van der Waals surface area contributed by atoms with Crippen molar-refractivity contribution in [3.63, 3.8) is 0 Å². The Morgan fingerprint density at radius 2 is 1.88 bits per heavy atom. The predicted molar refractivity (Wildman–Crippen MR) is 132 cm³/mol. The first-order valence-electron chi connectivity index (χ1n) is 10.8. The number of nitrogens with zero attached hydrogens (tertiary/aromatic N) is 3. The van der Waals surface area contributed by atoms with Crippen LogP contribution < -0.4 is 20.3 Å². The second kappa shape index (κ2) is 10.6. The molecule has 0 spiro atoms. The molecule has 9 nitrogen and oxygen atoms in total. The molecule has 178 valence electrons. The fourth-order valence-corrected chi connectivity index (χ4v) is 3.89. The average molecular weight is 484 g/mol. The molecule has 1 aromatic heterocycles. The number of halogens is 1. The van der Waals surface area contributed by atoms with E-state index in [0.717, 1.165) is 31.6 Å². The minimum Gasteiger partial charge on any atom is -0.494 e. The number of aliphatic hydroxyl groups excluding tert-OH is 1. The van der Waals surface area contributed by atoms with Crippen molar-refractivity contribution >= 4 is 46.4 Å². The van der Waals surface area contributed by atoms with Gasteiger partial charge in [-0.3, -0.25) is 0 Å². The molecule has 1 saturated heterocycles. The highest BCUT2D eigenvalue weighted by molar-refractivity contribution is 6.33. The smallest absolute Gasteiger partial charge is 0.339 e. The summed E-state index contributed by atoms with van der Waals surface area (Å²) in [7, 11) is 2.93. The zero-order valence-corrected chi connectivity index (χ0v) is 19.7. The molecule has 0 saturated carbocycles. The Labute approximate surface area is 202 Å². The van der Waals surface area contributed by atoms with Gasteiger partial charge in [0.05, 0.1) is 43.5 Å². The fraction of sp³-hybridized carbons (Fsp3) is 0.292. The number of benzene rings is 2. The van der Waals surface area contributed by atoms with E-state index in [-0.39, 0.29) is 6.10 Å². The first-order valence-corrected chi connectivity index (χ1v) is 11.2. The zero-order valence-electron chi connectivity index (χ0n) is 18.9. The Hall–Kier alpha value is -3.56. The molecule has 0 atom stereocenters. The number of hydrogen-bond donors (Lipinski definition) is 3.